The Bertz CT molecular complexity index is 755. The summed E-state index contributed by atoms with van der Waals surface area (Å²) in [5.41, 5.74) is 4.33. The van der Waals surface area contributed by atoms with Crippen LogP contribution in [0.3, 0.4) is 0 Å². The second-order valence-electron chi connectivity index (χ2n) is 6.21. The maximum atomic E-state index is 10.7. The van der Waals surface area contributed by atoms with Gasteiger partial charge in [0.25, 0.3) is 0 Å². The van der Waals surface area contributed by atoms with Gasteiger partial charge in [0.2, 0.25) is 0 Å². The minimum Gasteiger partial charge on any atom is -0.487 e. The number of anilines is 1. The third kappa shape index (κ3) is 6.32. The van der Waals surface area contributed by atoms with E-state index < -0.39 is 5.97 Å². The number of carboxylic acids is 1. The lowest BCUT2D eigenvalue weighted by atomic mass is 10.1. The number of hydrogen-bond donors (Lipinski definition) is 2. The average molecular weight is 485 g/mol. The van der Waals surface area contributed by atoms with E-state index in [4.69, 9.17) is 9.84 Å². The molecule has 0 aliphatic heterocycles. The predicted molar refractivity (Wildman–Crippen MR) is 112 cm³/mol. The van der Waals surface area contributed by atoms with E-state index in [2.05, 4.69) is 69.2 Å². The zero-order valence-corrected chi connectivity index (χ0v) is 18.1. The molecule has 0 amide bonds. The molecule has 2 rings (SSSR count). The second kappa shape index (κ2) is 9.97. The molecule has 0 bridgehead atoms. The highest BCUT2D eigenvalue weighted by atomic mass is 79.9. The lowest BCUT2D eigenvalue weighted by Gasteiger charge is -2.14. The first-order valence-corrected chi connectivity index (χ1v) is 10.1. The van der Waals surface area contributed by atoms with Crippen molar-refractivity contribution in [2.45, 2.75) is 39.7 Å². The number of carboxylic acid groups (broad SMARTS) is 1. The van der Waals surface area contributed by atoms with E-state index >= 15 is 0 Å². The average Bonchev–Trinajstić information content (AvgIpc) is 2.57. The van der Waals surface area contributed by atoms with Gasteiger partial charge in [0, 0.05) is 18.7 Å². The molecule has 0 aromatic heterocycles. The molecule has 0 fully saturated rings. The molecule has 2 N–H and O–H groups in total. The van der Waals surface area contributed by atoms with Crippen molar-refractivity contribution in [3.05, 3.63) is 56.0 Å². The molecule has 2 aromatic rings. The van der Waals surface area contributed by atoms with E-state index in [9.17, 15) is 4.79 Å². The highest BCUT2D eigenvalue weighted by molar-refractivity contribution is 9.11. The monoisotopic (exact) mass is 483 g/mol. The first kappa shape index (κ1) is 20.8. The number of hydrogen-bond acceptors (Lipinski definition) is 3. The Hall–Kier alpha value is -1.53. The number of aryl methyl sites for hydroxylation is 2. The van der Waals surface area contributed by atoms with Crippen molar-refractivity contribution in [2.24, 2.45) is 0 Å². The fraction of sp³-hybridized carbons (Fsp3) is 0.350. The van der Waals surface area contributed by atoms with Crippen molar-refractivity contribution in [1.82, 2.24) is 0 Å². The zero-order chi connectivity index (χ0) is 19.1. The molecule has 0 heterocycles. The molecule has 0 aliphatic rings. The highest BCUT2D eigenvalue weighted by Gasteiger charge is 2.11. The molecule has 0 saturated carbocycles. The maximum Gasteiger partial charge on any atom is 0.303 e. The molecule has 0 radical (unpaired) electrons. The molecule has 0 spiro atoms. The number of benzene rings is 2. The Morgan fingerprint density at radius 1 is 1.12 bits per heavy atom. The van der Waals surface area contributed by atoms with Gasteiger partial charge in [-0.3, -0.25) is 4.79 Å². The van der Waals surface area contributed by atoms with Gasteiger partial charge in [-0.1, -0.05) is 13.0 Å². The van der Waals surface area contributed by atoms with Gasteiger partial charge in [-0.2, -0.15) is 0 Å². The quantitative estimate of drug-likeness (QED) is 0.462. The Kier molecular flexibility index (Phi) is 7.97. The summed E-state index contributed by atoms with van der Waals surface area (Å²) >= 11 is 7.05. The van der Waals surface area contributed by atoms with Crippen LogP contribution in [0.2, 0.25) is 0 Å². The van der Waals surface area contributed by atoms with Crippen molar-refractivity contribution in [1.29, 1.82) is 0 Å². The lowest BCUT2D eigenvalue weighted by molar-refractivity contribution is -0.136. The van der Waals surface area contributed by atoms with Crippen LogP contribution in [0, 0.1) is 6.92 Å². The Morgan fingerprint density at radius 2 is 1.81 bits per heavy atom. The van der Waals surface area contributed by atoms with Gasteiger partial charge in [-0.15, -0.1) is 0 Å². The maximum absolute atomic E-state index is 10.7. The van der Waals surface area contributed by atoms with Crippen molar-refractivity contribution in [3.63, 3.8) is 0 Å². The predicted octanol–water partition coefficient (Wildman–Crippen LogP) is 5.94. The molecule has 26 heavy (non-hydrogen) atoms. The van der Waals surface area contributed by atoms with Crippen molar-refractivity contribution >= 4 is 43.5 Å². The van der Waals surface area contributed by atoms with Crippen LogP contribution in [-0.2, 0) is 17.8 Å². The number of nitrogens with one attached hydrogen (secondary N) is 1. The smallest absolute Gasteiger partial charge is 0.303 e. The Morgan fingerprint density at radius 3 is 2.42 bits per heavy atom. The van der Waals surface area contributed by atoms with Crippen molar-refractivity contribution in [3.8, 4) is 5.75 Å². The highest BCUT2D eigenvalue weighted by Crippen LogP contribution is 2.35. The van der Waals surface area contributed by atoms with E-state index in [-0.39, 0.29) is 6.42 Å². The summed E-state index contributed by atoms with van der Waals surface area (Å²) in [5, 5.41) is 12.2. The summed E-state index contributed by atoms with van der Waals surface area (Å²) in [6.07, 6.45) is 1.67. The standard InChI is InChI=1S/C20H23Br2NO3/c1-3-6-23-16-8-13(2)7-15(9-16)12-26-20-17(21)10-14(11-18(20)22)4-5-19(24)25/h7-11,23H,3-6,12H2,1-2H3,(H,24,25). The number of rotatable bonds is 9. The third-order valence-corrected chi connectivity index (χ3v) is 4.96. The van der Waals surface area contributed by atoms with Gasteiger partial charge in [-0.25, -0.2) is 0 Å². The van der Waals surface area contributed by atoms with Crippen molar-refractivity contribution < 1.29 is 14.6 Å². The summed E-state index contributed by atoms with van der Waals surface area (Å²) in [6.45, 7) is 5.61. The summed E-state index contributed by atoms with van der Waals surface area (Å²) in [4.78, 5) is 10.7. The Labute approximate surface area is 171 Å². The molecule has 2 aromatic carbocycles. The second-order valence-corrected chi connectivity index (χ2v) is 7.91. The summed E-state index contributed by atoms with van der Waals surface area (Å²) in [7, 11) is 0. The molecule has 4 nitrogen and oxygen atoms in total. The van der Waals surface area contributed by atoms with Gasteiger partial charge in [0.05, 0.1) is 8.95 Å². The van der Waals surface area contributed by atoms with E-state index in [1.54, 1.807) is 0 Å². The normalized spacial score (nSPS) is 10.6. The number of carbonyl (C=O) groups is 1. The first-order chi connectivity index (χ1) is 12.4. The zero-order valence-electron chi connectivity index (χ0n) is 14.9. The first-order valence-electron chi connectivity index (χ1n) is 8.56. The molecule has 6 heteroatoms. The van der Waals surface area contributed by atoms with Crippen LogP contribution >= 0.6 is 31.9 Å². The fourth-order valence-electron chi connectivity index (χ4n) is 2.62. The van der Waals surface area contributed by atoms with Crippen molar-refractivity contribution in [2.75, 3.05) is 11.9 Å². The SMILES string of the molecule is CCCNc1cc(C)cc(COc2c(Br)cc(CCC(=O)O)cc2Br)c1. The van der Waals surface area contributed by atoms with E-state index in [1.807, 2.05) is 12.1 Å². The molecule has 0 aliphatic carbocycles. The minimum atomic E-state index is -0.801. The summed E-state index contributed by atoms with van der Waals surface area (Å²) in [5.74, 6) is -0.0850. The molecular weight excluding hydrogens is 462 g/mol. The van der Waals surface area contributed by atoms with Crippen LogP contribution in [0.25, 0.3) is 0 Å². The summed E-state index contributed by atoms with van der Waals surface area (Å²) < 4.78 is 7.63. The Balaban J connectivity index is 2.09. The fourth-order valence-corrected chi connectivity index (χ4v) is 4.13. The van der Waals surface area contributed by atoms with Crippen LogP contribution in [0.5, 0.6) is 5.75 Å². The molecule has 0 atom stereocenters. The minimum absolute atomic E-state index is 0.107. The van der Waals surface area contributed by atoms with E-state index in [0.29, 0.717) is 18.8 Å². The van der Waals surface area contributed by atoms with Crippen LogP contribution in [0.15, 0.2) is 39.3 Å². The van der Waals surface area contributed by atoms with Gasteiger partial charge in [0.1, 0.15) is 12.4 Å². The van der Waals surface area contributed by atoms with E-state index in [1.165, 1.54) is 5.56 Å². The lowest BCUT2D eigenvalue weighted by Crippen LogP contribution is -2.03. The van der Waals surface area contributed by atoms with Gasteiger partial charge >= 0.3 is 5.97 Å². The van der Waals surface area contributed by atoms with Crippen LogP contribution in [-0.4, -0.2) is 17.6 Å². The molecule has 0 saturated heterocycles. The third-order valence-electron chi connectivity index (χ3n) is 3.79. The van der Waals surface area contributed by atoms with Crippen LogP contribution in [0.4, 0.5) is 5.69 Å². The number of ether oxygens (including phenoxy) is 1. The van der Waals surface area contributed by atoms with E-state index in [0.717, 1.165) is 38.7 Å². The number of halogens is 2. The largest absolute Gasteiger partial charge is 0.487 e. The van der Waals surface area contributed by atoms with Gasteiger partial charge < -0.3 is 15.2 Å². The number of aliphatic carboxylic acids is 1. The molecule has 140 valence electrons. The van der Waals surface area contributed by atoms with Crippen LogP contribution < -0.4 is 10.1 Å². The molecular formula is C20H23Br2NO3. The van der Waals surface area contributed by atoms with Crippen LogP contribution in [0.1, 0.15) is 36.5 Å². The molecule has 0 unspecified atom stereocenters. The summed E-state index contributed by atoms with van der Waals surface area (Å²) in [6, 6.07) is 10.2. The van der Waals surface area contributed by atoms with Gasteiger partial charge in [0.15, 0.2) is 0 Å². The topological polar surface area (TPSA) is 58.6 Å². The van der Waals surface area contributed by atoms with Gasteiger partial charge in [-0.05, 0) is 92.6 Å².